The number of hydrogen-bond donors (Lipinski definition) is 0. The average Bonchev–Trinajstić information content (AvgIpc) is 2.93. The van der Waals surface area contributed by atoms with Gasteiger partial charge in [-0.3, -0.25) is 0 Å². The molecular formula is C19H16N4O2S. The second-order valence-corrected chi connectivity index (χ2v) is 7.02. The third-order valence-electron chi connectivity index (χ3n) is 3.67. The first kappa shape index (κ1) is 17.6. The molecule has 0 aromatic heterocycles. The number of fused-ring (bicyclic) bond motifs is 1. The van der Waals surface area contributed by atoms with Crippen molar-refractivity contribution in [3.05, 3.63) is 71.8 Å². The molecule has 2 aromatic carbocycles. The van der Waals surface area contributed by atoms with E-state index in [2.05, 4.69) is 9.50 Å². The van der Waals surface area contributed by atoms with Gasteiger partial charge in [0.25, 0.3) is 10.0 Å². The van der Waals surface area contributed by atoms with E-state index in [1.807, 2.05) is 42.5 Å². The SMILES string of the molecule is N#CCCN(N=C/C=C\c1ccccc1)C1=NS(=O)(=O)c2ccccc21. The monoisotopic (exact) mass is 364 g/mol. The summed E-state index contributed by atoms with van der Waals surface area (Å²) in [4.78, 5) is 0.159. The highest BCUT2D eigenvalue weighted by Gasteiger charge is 2.31. The van der Waals surface area contributed by atoms with Crippen LogP contribution in [0.25, 0.3) is 6.08 Å². The topological polar surface area (TPSA) is 85.9 Å². The number of allylic oxidation sites excluding steroid dienone is 1. The smallest absolute Gasteiger partial charge is 0.246 e. The summed E-state index contributed by atoms with van der Waals surface area (Å²) >= 11 is 0. The zero-order chi connectivity index (χ0) is 18.4. The number of nitrogens with zero attached hydrogens (tertiary/aromatic N) is 4. The van der Waals surface area contributed by atoms with Crippen molar-refractivity contribution in [3.63, 3.8) is 0 Å². The van der Waals surface area contributed by atoms with Crippen LogP contribution >= 0.6 is 0 Å². The van der Waals surface area contributed by atoms with Crippen molar-refractivity contribution < 1.29 is 8.42 Å². The molecule has 2 aromatic rings. The van der Waals surface area contributed by atoms with E-state index in [0.717, 1.165) is 5.56 Å². The van der Waals surface area contributed by atoms with Crippen LogP contribution in [0.2, 0.25) is 0 Å². The summed E-state index contributed by atoms with van der Waals surface area (Å²) in [6.45, 7) is 0.245. The Morgan fingerprint density at radius 1 is 1.12 bits per heavy atom. The van der Waals surface area contributed by atoms with E-state index >= 15 is 0 Å². The largest absolute Gasteiger partial charge is 0.285 e. The summed E-state index contributed by atoms with van der Waals surface area (Å²) in [6, 6.07) is 18.4. The van der Waals surface area contributed by atoms with Crippen LogP contribution in [-0.2, 0) is 10.0 Å². The Labute approximate surface area is 152 Å². The van der Waals surface area contributed by atoms with Crippen molar-refractivity contribution in [2.75, 3.05) is 6.54 Å². The van der Waals surface area contributed by atoms with Crippen LogP contribution in [0.4, 0.5) is 0 Å². The average molecular weight is 364 g/mol. The van der Waals surface area contributed by atoms with Crippen molar-refractivity contribution in [2.24, 2.45) is 9.50 Å². The van der Waals surface area contributed by atoms with E-state index in [1.54, 1.807) is 30.5 Å². The summed E-state index contributed by atoms with van der Waals surface area (Å²) in [5.41, 5.74) is 1.52. The molecule has 130 valence electrons. The lowest BCUT2D eigenvalue weighted by Crippen LogP contribution is -2.26. The van der Waals surface area contributed by atoms with Gasteiger partial charge in [0.05, 0.1) is 19.0 Å². The van der Waals surface area contributed by atoms with Crippen LogP contribution in [0.3, 0.4) is 0 Å². The van der Waals surface area contributed by atoms with Gasteiger partial charge in [-0.1, -0.05) is 48.5 Å². The molecule has 6 nitrogen and oxygen atoms in total. The molecule has 26 heavy (non-hydrogen) atoms. The highest BCUT2D eigenvalue weighted by molar-refractivity contribution is 7.90. The maximum atomic E-state index is 12.2. The first-order valence-corrected chi connectivity index (χ1v) is 9.40. The zero-order valence-corrected chi connectivity index (χ0v) is 14.7. The Balaban J connectivity index is 1.86. The van der Waals surface area contributed by atoms with E-state index in [9.17, 15) is 8.42 Å². The second kappa shape index (κ2) is 7.76. The van der Waals surface area contributed by atoms with Gasteiger partial charge in [-0.15, -0.1) is 4.40 Å². The third kappa shape index (κ3) is 3.87. The van der Waals surface area contributed by atoms with E-state index in [0.29, 0.717) is 5.56 Å². The highest BCUT2D eigenvalue weighted by atomic mass is 32.2. The summed E-state index contributed by atoms with van der Waals surface area (Å²) in [5, 5.41) is 14.6. The van der Waals surface area contributed by atoms with Crippen molar-refractivity contribution >= 4 is 28.1 Å². The lowest BCUT2D eigenvalue weighted by atomic mass is 10.2. The third-order valence-corrected chi connectivity index (χ3v) is 5.00. The van der Waals surface area contributed by atoms with Crippen molar-refractivity contribution in [1.82, 2.24) is 5.01 Å². The maximum absolute atomic E-state index is 12.2. The van der Waals surface area contributed by atoms with Crippen LogP contribution in [0.5, 0.6) is 0 Å². The fourth-order valence-corrected chi connectivity index (χ4v) is 3.69. The molecule has 0 bridgehead atoms. The van der Waals surface area contributed by atoms with Crippen LogP contribution in [0.1, 0.15) is 17.5 Å². The van der Waals surface area contributed by atoms with Gasteiger partial charge < -0.3 is 0 Å². The van der Waals surface area contributed by atoms with Crippen LogP contribution < -0.4 is 0 Å². The van der Waals surface area contributed by atoms with Crippen molar-refractivity contribution in [3.8, 4) is 6.07 Å². The summed E-state index contributed by atoms with van der Waals surface area (Å²) in [7, 11) is -3.73. The molecule has 0 fully saturated rings. The van der Waals surface area contributed by atoms with Crippen molar-refractivity contribution in [2.45, 2.75) is 11.3 Å². The first-order valence-electron chi connectivity index (χ1n) is 7.96. The summed E-state index contributed by atoms with van der Waals surface area (Å²) in [5.74, 6) is 0.236. The number of hydrazone groups is 1. The van der Waals surface area contributed by atoms with E-state index < -0.39 is 10.0 Å². The highest BCUT2D eigenvalue weighted by Crippen LogP contribution is 2.27. The zero-order valence-electron chi connectivity index (χ0n) is 13.9. The minimum atomic E-state index is -3.73. The van der Waals surface area contributed by atoms with Gasteiger partial charge in [-0.2, -0.15) is 18.8 Å². The second-order valence-electron chi connectivity index (χ2n) is 5.45. The quantitative estimate of drug-likeness (QED) is 0.603. The van der Waals surface area contributed by atoms with E-state index in [1.165, 1.54) is 11.1 Å². The number of hydrogen-bond acceptors (Lipinski definition) is 5. The maximum Gasteiger partial charge on any atom is 0.285 e. The van der Waals surface area contributed by atoms with Gasteiger partial charge in [-0.25, -0.2) is 5.01 Å². The number of nitriles is 1. The van der Waals surface area contributed by atoms with E-state index in [4.69, 9.17) is 5.26 Å². The predicted molar refractivity (Wildman–Crippen MR) is 101 cm³/mol. The normalized spacial score (nSPS) is 15.0. The van der Waals surface area contributed by atoms with Gasteiger partial charge in [0.2, 0.25) is 0 Å². The molecule has 1 heterocycles. The number of rotatable bonds is 5. The van der Waals surface area contributed by atoms with Gasteiger partial charge >= 0.3 is 0 Å². The number of amidine groups is 1. The Hall–Kier alpha value is -3.24. The molecule has 0 atom stereocenters. The molecule has 0 unspecified atom stereocenters. The molecule has 1 aliphatic heterocycles. The molecule has 0 saturated carbocycles. The molecule has 0 aliphatic carbocycles. The molecule has 0 spiro atoms. The Bertz CT molecular complexity index is 1020. The lowest BCUT2D eigenvalue weighted by molar-refractivity contribution is 0.459. The molecule has 0 N–H and O–H groups in total. The van der Waals surface area contributed by atoms with Gasteiger partial charge in [0.1, 0.15) is 4.90 Å². The molecule has 7 heteroatoms. The molecule has 0 radical (unpaired) electrons. The molecule has 3 rings (SSSR count). The van der Waals surface area contributed by atoms with Crippen LogP contribution in [-0.4, -0.2) is 32.0 Å². The van der Waals surface area contributed by atoms with Gasteiger partial charge in [0, 0.05) is 11.8 Å². The number of benzene rings is 2. The lowest BCUT2D eigenvalue weighted by Gasteiger charge is -2.16. The predicted octanol–water partition coefficient (Wildman–Crippen LogP) is 3.05. The first-order chi connectivity index (χ1) is 12.6. The van der Waals surface area contributed by atoms with Gasteiger partial charge in [0.15, 0.2) is 5.84 Å². The minimum absolute atomic E-state index is 0.159. The summed E-state index contributed by atoms with van der Waals surface area (Å²) in [6.07, 6.45) is 5.39. The van der Waals surface area contributed by atoms with Crippen LogP contribution in [0, 0.1) is 11.3 Å². The standard InChI is InChI=1S/C19H16N4O2S/c20-13-7-15-23(21-14-6-10-16-8-2-1-3-9-16)19-17-11-4-5-12-18(17)26(24,25)22-19/h1-6,8-12,14H,7,15H2/b10-6-,21-14?. The van der Waals surface area contributed by atoms with Crippen LogP contribution in [0.15, 0.2) is 75.1 Å². The Morgan fingerprint density at radius 3 is 2.62 bits per heavy atom. The van der Waals surface area contributed by atoms with Crippen molar-refractivity contribution in [1.29, 1.82) is 5.26 Å². The fraction of sp³-hybridized carbons (Fsp3) is 0.105. The Morgan fingerprint density at radius 2 is 1.85 bits per heavy atom. The van der Waals surface area contributed by atoms with Gasteiger partial charge in [-0.05, 0) is 23.8 Å². The minimum Gasteiger partial charge on any atom is -0.246 e. The molecule has 0 amide bonds. The Kier molecular flexibility index (Phi) is 5.25. The van der Waals surface area contributed by atoms with E-state index in [-0.39, 0.29) is 23.7 Å². The summed E-state index contributed by atoms with van der Waals surface area (Å²) < 4.78 is 28.3. The number of sulfonamides is 1. The fourth-order valence-electron chi connectivity index (χ4n) is 2.49. The molecular weight excluding hydrogens is 348 g/mol. The molecule has 0 saturated heterocycles. The molecule has 1 aliphatic rings.